The summed E-state index contributed by atoms with van der Waals surface area (Å²) in [5.41, 5.74) is 3.09. The maximum atomic E-state index is 5.82. The van der Waals surface area contributed by atoms with Crippen LogP contribution in [-0.4, -0.2) is 20.0 Å². The molecule has 0 saturated heterocycles. The molecule has 0 spiro atoms. The van der Waals surface area contributed by atoms with E-state index in [1.807, 2.05) is 66.3 Å². The van der Waals surface area contributed by atoms with E-state index in [4.69, 9.17) is 4.42 Å². The second-order valence-electron chi connectivity index (χ2n) is 6.08. The molecule has 0 aliphatic rings. The molecule has 0 aliphatic heterocycles. The van der Waals surface area contributed by atoms with Crippen molar-refractivity contribution in [3.63, 3.8) is 0 Å². The number of nitrogens with zero attached hydrogens (tertiary/aromatic N) is 4. The maximum absolute atomic E-state index is 5.82. The van der Waals surface area contributed by atoms with Crippen molar-refractivity contribution in [3.05, 3.63) is 84.5 Å². The molecule has 6 nitrogen and oxygen atoms in total. The molecular formula is C20H19N5O. The second kappa shape index (κ2) is 7.23. The van der Waals surface area contributed by atoms with Crippen molar-refractivity contribution in [2.45, 2.75) is 19.5 Å². The molecular weight excluding hydrogens is 326 g/mol. The van der Waals surface area contributed by atoms with E-state index >= 15 is 0 Å². The fourth-order valence-electron chi connectivity index (χ4n) is 2.76. The molecule has 4 rings (SSSR count). The number of rotatable bonds is 6. The Morgan fingerprint density at radius 3 is 2.73 bits per heavy atom. The molecule has 0 radical (unpaired) electrons. The summed E-state index contributed by atoms with van der Waals surface area (Å²) in [6, 6.07) is 19.8. The number of hydrogen-bond acceptors (Lipinski definition) is 5. The van der Waals surface area contributed by atoms with Gasteiger partial charge in [-0.25, -0.2) is 0 Å². The van der Waals surface area contributed by atoms with Crippen LogP contribution in [0, 0.1) is 0 Å². The summed E-state index contributed by atoms with van der Waals surface area (Å²) in [7, 11) is 0. The van der Waals surface area contributed by atoms with Gasteiger partial charge in [0.05, 0.1) is 6.54 Å². The van der Waals surface area contributed by atoms with E-state index in [0.29, 0.717) is 11.8 Å². The fraction of sp³-hybridized carbons (Fsp3) is 0.150. The van der Waals surface area contributed by atoms with Gasteiger partial charge in [0.15, 0.2) is 0 Å². The second-order valence-corrected chi connectivity index (χ2v) is 6.08. The molecule has 0 bridgehead atoms. The van der Waals surface area contributed by atoms with Crippen LogP contribution in [0.4, 0.5) is 5.69 Å². The van der Waals surface area contributed by atoms with Crippen molar-refractivity contribution in [1.29, 1.82) is 0 Å². The average Bonchev–Trinajstić information content (AvgIpc) is 3.35. The molecule has 0 amide bonds. The summed E-state index contributed by atoms with van der Waals surface area (Å²) in [6.07, 6.45) is 3.73. The van der Waals surface area contributed by atoms with Crippen LogP contribution in [0.15, 0.2) is 77.5 Å². The highest BCUT2D eigenvalue weighted by molar-refractivity contribution is 5.52. The molecule has 130 valence electrons. The minimum atomic E-state index is -0.0973. The topological polar surface area (TPSA) is 68.8 Å². The van der Waals surface area contributed by atoms with Gasteiger partial charge in [0.1, 0.15) is 6.04 Å². The predicted molar refractivity (Wildman–Crippen MR) is 99.5 cm³/mol. The summed E-state index contributed by atoms with van der Waals surface area (Å²) in [6.45, 7) is 2.73. The SMILES string of the molecule is CC(Nc1cccc(Cn2cccn2)c1)c1nnc(-c2ccccc2)o1. The van der Waals surface area contributed by atoms with Crippen molar-refractivity contribution in [2.24, 2.45) is 0 Å². The van der Waals surface area contributed by atoms with Crippen LogP contribution in [0.2, 0.25) is 0 Å². The maximum Gasteiger partial charge on any atom is 0.247 e. The lowest BCUT2D eigenvalue weighted by atomic mass is 10.2. The highest BCUT2D eigenvalue weighted by Crippen LogP contribution is 2.23. The molecule has 2 heterocycles. The third-order valence-corrected chi connectivity index (χ3v) is 4.05. The van der Waals surface area contributed by atoms with Crippen LogP contribution in [0.5, 0.6) is 0 Å². The molecule has 4 aromatic rings. The molecule has 1 atom stereocenters. The number of benzene rings is 2. The lowest BCUT2D eigenvalue weighted by molar-refractivity contribution is 0.485. The Morgan fingerprint density at radius 2 is 1.92 bits per heavy atom. The minimum Gasteiger partial charge on any atom is -0.418 e. The van der Waals surface area contributed by atoms with Crippen LogP contribution in [0.1, 0.15) is 24.4 Å². The predicted octanol–water partition coefficient (Wildman–Crippen LogP) is 4.15. The average molecular weight is 345 g/mol. The van der Waals surface area contributed by atoms with E-state index in [9.17, 15) is 0 Å². The van der Waals surface area contributed by atoms with Gasteiger partial charge in [-0.15, -0.1) is 10.2 Å². The van der Waals surface area contributed by atoms with E-state index in [1.54, 1.807) is 6.20 Å². The zero-order valence-corrected chi connectivity index (χ0v) is 14.4. The Labute approximate surface area is 151 Å². The van der Waals surface area contributed by atoms with Gasteiger partial charge in [-0.3, -0.25) is 4.68 Å². The third kappa shape index (κ3) is 3.64. The van der Waals surface area contributed by atoms with Crippen molar-refractivity contribution in [3.8, 4) is 11.5 Å². The van der Waals surface area contributed by atoms with Gasteiger partial charge in [0, 0.05) is 23.6 Å². The van der Waals surface area contributed by atoms with Gasteiger partial charge in [0.2, 0.25) is 11.8 Å². The largest absolute Gasteiger partial charge is 0.418 e. The van der Waals surface area contributed by atoms with Gasteiger partial charge < -0.3 is 9.73 Å². The Morgan fingerprint density at radius 1 is 1.04 bits per heavy atom. The number of nitrogens with one attached hydrogen (secondary N) is 1. The van der Waals surface area contributed by atoms with Crippen molar-refractivity contribution in [2.75, 3.05) is 5.32 Å². The number of aromatic nitrogens is 4. The van der Waals surface area contributed by atoms with Gasteiger partial charge >= 0.3 is 0 Å². The van der Waals surface area contributed by atoms with Gasteiger partial charge in [-0.2, -0.15) is 5.10 Å². The van der Waals surface area contributed by atoms with Crippen LogP contribution in [-0.2, 0) is 6.54 Å². The molecule has 0 fully saturated rings. The molecule has 6 heteroatoms. The van der Waals surface area contributed by atoms with E-state index in [2.05, 4.69) is 32.7 Å². The number of anilines is 1. The summed E-state index contributed by atoms with van der Waals surface area (Å²) >= 11 is 0. The first kappa shape index (κ1) is 16.1. The van der Waals surface area contributed by atoms with Crippen molar-refractivity contribution < 1.29 is 4.42 Å². The fourth-order valence-corrected chi connectivity index (χ4v) is 2.76. The third-order valence-electron chi connectivity index (χ3n) is 4.05. The van der Waals surface area contributed by atoms with Crippen molar-refractivity contribution >= 4 is 5.69 Å². The van der Waals surface area contributed by atoms with Gasteiger partial charge in [-0.1, -0.05) is 30.3 Å². The van der Waals surface area contributed by atoms with Gasteiger partial charge in [0.25, 0.3) is 0 Å². The molecule has 0 aliphatic carbocycles. The van der Waals surface area contributed by atoms with E-state index in [-0.39, 0.29) is 6.04 Å². The Hall–Kier alpha value is -3.41. The molecule has 1 N–H and O–H groups in total. The number of hydrogen-bond donors (Lipinski definition) is 1. The highest BCUT2D eigenvalue weighted by Gasteiger charge is 2.15. The monoisotopic (exact) mass is 345 g/mol. The lowest BCUT2D eigenvalue weighted by Gasteiger charge is -2.12. The quantitative estimate of drug-likeness (QED) is 0.568. The summed E-state index contributed by atoms with van der Waals surface area (Å²) in [4.78, 5) is 0. The van der Waals surface area contributed by atoms with E-state index in [0.717, 1.165) is 17.8 Å². The first-order valence-electron chi connectivity index (χ1n) is 8.50. The molecule has 0 saturated carbocycles. The Kier molecular flexibility index (Phi) is 4.47. The first-order valence-corrected chi connectivity index (χ1v) is 8.50. The molecule has 1 unspecified atom stereocenters. The van der Waals surface area contributed by atoms with Gasteiger partial charge in [-0.05, 0) is 42.8 Å². The zero-order valence-electron chi connectivity index (χ0n) is 14.4. The summed E-state index contributed by atoms with van der Waals surface area (Å²) in [5.74, 6) is 1.09. The summed E-state index contributed by atoms with van der Waals surface area (Å²) in [5, 5.41) is 16.0. The standard InChI is InChI=1S/C20H19N5O/c1-15(19-23-24-20(26-19)17-8-3-2-4-9-17)22-18-10-5-7-16(13-18)14-25-12-6-11-21-25/h2-13,15,22H,14H2,1H3. The lowest BCUT2D eigenvalue weighted by Crippen LogP contribution is -2.08. The Balaban J connectivity index is 1.46. The first-order chi connectivity index (χ1) is 12.8. The van der Waals surface area contributed by atoms with Crippen LogP contribution in [0.25, 0.3) is 11.5 Å². The van der Waals surface area contributed by atoms with Crippen LogP contribution >= 0.6 is 0 Å². The highest BCUT2D eigenvalue weighted by atomic mass is 16.4. The summed E-state index contributed by atoms with van der Waals surface area (Å²) < 4.78 is 7.72. The smallest absolute Gasteiger partial charge is 0.247 e. The van der Waals surface area contributed by atoms with Crippen LogP contribution < -0.4 is 5.32 Å². The van der Waals surface area contributed by atoms with Crippen molar-refractivity contribution in [1.82, 2.24) is 20.0 Å². The molecule has 26 heavy (non-hydrogen) atoms. The molecule has 2 aromatic carbocycles. The van der Waals surface area contributed by atoms with Crippen LogP contribution in [0.3, 0.4) is 0 Å². The Bertz CT molecular complexity index is 963. The zero-order chi connectivity index (χ0) is 17.8. The van der Waals surface area contributed by atoms with E-state index in [1.165, 1.54) is 5.56 Å². The minimum absolute atomic E-state index is 0.0973. The normalized spacial score (nSPS) is 12.0. The van der Waals surface area contributed by atoms with E-state index < -0.39 is 0 Å². The molecule has 2 aromatic heterocycles.